The molecule has 7 heteroatoms. The Labute approximate surface area is 132 Å². The first-order chi connectivity index (χ1) is 10.2. The number of amides is 1. The number of anilines is 2. The van der Waals surface area contributed by atoms with Gasteiger partial charge in [-0.05, 0) is 18.6 Å². The van der Waals surface area contributed by atoms with Gasteiger partial charge in [-0.1, -0.05) is 48.2 Å². The van der Waals surface area contributed by atoms with Crippen molar-refractivity contribution in [3.63, 3.8) is 0 Å². The highest BCUT2D eigenvalue weighted by molar-refractivity contribution is 8.01. The third kappa shape index (κ3) is 4.71. The van der Waals surface area contributed by atoms with E-state index in [2.05, 4.69) is 22.4 Å². The van der Waals surface area contributed by atoms with Gasteiger partial charge in [0.1, 0.15) is 0 Å². The summed E-state index contributed by atoms with van der Waals surface area (Å²) in [4.78, 5) is 13.8. The van der Waals surface area contributed by atoms with Crippen LogP contribution in [-0.2, 0) is 4.79 Å². The number of nitrogens with one attached hydrogen (secondary N) is 1. The fraction of sp³-hybridized carbons (Fsp3) is 0.357. The molecule has 21 heavy (non-hydrogen) atoms. The van der Waals surface area contributed by atoms with Crippen LogP contribution in [0.4, 0.5) is 10.8 Å². The van der Waals surface area contributed by atoms with Crippen LogP contribution in [0.25, 0.3) is 0 Å². The zero-order valence-electron chi connectivity index (χ0n) is 12.1. The largest absolute Gasteiger partial charge is 0.360 e. The third-order valence-corrected chi connectivity index (χ3v) is 4.77. The third-order valence-electron chi connectivity index (χ3n) is 2.77. The van der Waals surface area contributed by atoms with Gasteiger partial charge in [-0.2, -0.15) is 0 Å². The normalized spacial score (nSPS) is 10.4. The van der Waals surface area contributed by atoms with Crippen molar-refractivity contribution >= 4 is 39.8 Å². The number of carbonyl (C=O) groups excluding carboxylic acids is 1. The molecule has 0 bridgehead atoms. The molecule has 0 saturated heterocycles. The van der Waals surface area contributed by atoms with Crippen LogP contribution in [0.3, 0.4) is 0 Å². The Balaban J connectivity index is 1.85. The van der Waals surface area contributed by atoms with Gasteiger partial charge in [0.2, 0.25) is 11.0 Å². The molecule has 5 nitrogen and oxygen atoms in total. The van der Waals surface area contributed by atoms with Crippen LogP contribution >= 0.6 is 23.1 Å². The molecule has 0 saturated carbocycles. The van der Waals surface area contributed by atoms with Gasteiger partial charge in [0, 0.05) is 19.3 Å². The van der Waals surface area contributed by atoms with Crippen LogP contribution in [0.2, 0.25) is 0 Å². The highest BCUT2D eigenvalue weighted by Gasteiger charge is 2.13. The fourth-order valence-electron chi connectivity index (χ4n) is 1.59. The topological polar surface area (TPSA) is 58.1 Å². The standard InChI is InChI=1S/C14H18N4OS2/c1-3-9-15-13-16-17-14(21-13)20-10-12(19)18(2)11-7-5-4-6-8-11/h4-8H,3,9-10H2,1-2H3,(H,15,16). The van der Waals surface area contributed by atoms with Crippen LogP contribution in [0.1, 0.15) is 13.3 Å². The molecular formula is C14H18N4OS2. The van der Waals surface area contributed by atoms with Crippen molar-refractivity contribution < 1.29 is 4.79 Å². The van der Waals surface area contributed by atoms with E-state index in [1.807, 2.05) is 30.3 Å². The van der Waals surface area contributed by atoms with E-state index < -0.39 is 0 Å². The fourth-order valence-corrected chi connectivity index (χ4v) is 3.28. The Hall–Kier alpha value is -1.60. The highest BCUT2D eigenvalue weighted by atomic mass is 32.2. The van der Waals surface area contributed by atoms with Gasteiger partial charge in [-0.25, -0.2) is 0 Å². The van der Waals surface area contributed by atoms with Crippen molar-refractivity contribution in [1.82, 2.24) is 10.2 Å². The van der Waals surface area contributed by atoms with E-state index in [0.29, 0.717) is 5.75 Å². The summed E-state index contributed by atoms with van der Waals surface area (Å²) in [5.74, 6) is 0.401. The summed E-state index contributed by atoms with van der Waals surface area (Å²) in [6.45, 7) is 2.98. The molecule has 2 aromatic rings. The predicted molar refractivity (Wildman–Crippen MR) is 89.3 cm³/mol. The molecule has 0 unspecified atom stereocenters. The molecule has 112 valence electrons. The molecule has 0 spiro atoms. The van der Waals surface area contributed by atoms with Crippen LogP contribution in [0.15, 0.2) is 34.7 Å². The lowest BCUT2D eigenvalue weighted by molar-refractivity contribution is -0.115. The molecule has 0 aliphatic heterocycles. The first kappa shape index (κ1) is 15.8. The zero-order chi connectivity index (χ0) is 15.1. The van der Waals surface area contributed by atoms with Gasteiger partial charge in [-0.15, -0.1) is 10.2 Å². The molecule has 0 atom stereocenters. The first-order valence-corrected chi connectivity index (χ1v) is 8.52. The summed E-state index contributed by atoms with van der Waals surface area (Å²) in [6, 6.07) is 9.61. The molecule has 1 heterocycles. The average Bonchev–Trinajstić information content (AvgIpc) is 2.98. The number of para-hydroxylation sites is 1. The number of hydrogen-bond donors (Lipinski definition) is 1. The molecular weight excluding hydrogens is 304 g/mol. The second-order valence-electron chi connectivity index (χ2n) is 4.38. The van der Waals surface area contributed by atoms with E-state index in [0.717, 1.165) is 28.1 Å². The lowest BCUT2D eigenvalue weighted by Crippen LogP contribution is -2.27. The number of thioether (sulfide) groups is 1. The summed E-state index contributed by atoms with van der Waals surface area (Å²) in [5, 5.41) is 12.1. The van der Waals surface area contributed by atoms with E-state index in [4.69, 9.17) is 0 Å². The van der Waals surface area contributed by atoms with Gasteiger partial charge in [0.05, 0.1) is 5.75 Å². The number of hydrogen-bond acceptors (Lipinski definition) is 6. The maximum atomic E-state index is 12.1. The smallest absolute Gasteiger partial charge is 0.237 e. The number of carbonyl (C=O) groups is 1. The number of rotatable bonds is 7. The van der Waals surface area contributed by atoms with Crippen molar-refractivity contribution in [3.8, 4) is 0 Å². The number of nitrogens with zero attached hydrogens (tertiary/aromatic N) is 3. The number of aromatic nitrogens is 2. The van der Waals surface area contributed by atoms with Gasteiger partial charge in [0.15, 0.2) is 4.34 Å². The van der Waals surface area contributed by atoms with Gasteiger partial charge >= 0.3 is 0 Å². The minimum absolute atomic E-state index is 0.0458. The van der Waals surface area contributed by atoms with E-state index in [1.54, 1.807) is 11.9 Å². The van der Waals surface area contributed by atoms with Gasteiger partial charge in [-0.3, -0.25) is 4.79 Å². The highest BCUT2D eigenvalue weighted by Crippen LogP contribution is 2.26. The molecule has 0 fully saturated rings. The minimum atomic E-state index is 0.0458. The Kier molecular flexibility index (Phi) is 6.01. The maximum Gasteiger partial charge on any atom is 0.237 e. The lowest BCUT2D eigenvalue weighted by Gasteiger charge is -2.16. The zero-order valence-corrected chi connectivity index (χ0v) is 13.7. The van der Waals surface area contributed by atoms with Gasteiger partial charge in [0.25, 0.3) is 0 Å². The summed E-state index contributed by atoms with van der Waals surface area (Å²) >= 11 is 2.90. The van der Waals surface area contributed by atoms with Crippen LogP contribution in [-0.4, -0.2) is 35.4 Å². The molecule has 1 amide bonds. The molecule has 1 aromatic carbocycles. The Morgan fingerprint density at radius 2 is 2.10 bits per heavy atom. The molecule has 1 aromatic heterocycles. The minimum Gasteiger partial charge on any atom is -0.360 e. The molecule has 0 aliphatic rings. The van der Waals surface area contributed by atoms with E-state index in [1.165, 1.54) is 23.1 Å². The molecule has 1 N–H and O–H groups in total. The van der Waals surface area contributed by atoms with Crippen LogP contribution in [0, 0.1) is 0 Å². The quantitative estimate of drug-likeness (QED) is 0.794. The van der Waals surface area contributed by atoms with Crippen molar-refractivity contribution in [2.75, 3.05) is 29.6 Å². The molecule has 0 aliphatic carbocycles. The Morgan fingerprint density at radius 3 is 2.81 bits per heavy atom. The molecule has 2 rings (SSSR count). The Bertz CT molecular complexity index is 573. The van der Waals surface area contributed by atoms with E-state index >= 15 is 0 Å². The SMILES string of the molecule is CCCNc1nnc(SCC(=O)N(C)c2ccccc2)s1. The van der Waals surface area contributed by atoms with E-state index in [9.17, 15) is 4.79 Å². The van der Waals surface area contributed by atoms with Crippen LogP contribution in [0.5, 0.6) is 0 Å². The van der Waals surface area contributed by atoms with Crippen molar-refractivity contribution in [1.29, 1.82) is 0 Å². The van der Waals surface area contributed by atoms with Crippen molar-refractivity contribution in [2.45, 2.75) is 17.7 Å². The van der Waals surface area contributed by atoms with Crippen LogP contribution < -0.4 is 10.2 Å². The first-order valence-electron chi connectivity index (χ1n) is 6.72. The second kappa shape index (κ2) is 7.99. The summed E-state index contributed by atoms with van der Waals surface area (Å²) in [6.07, 6.45) is 1.04. The maximum absolute atomic E-state index is 12.1. The number of benzene rings is 1. The van der Waals surface area contributed by atoms with Crippen molar-refractivity contribution in [2.24, 2.45) is 0 Å². The van der Waals surface area contributed by atoms with Crippen molar-refractivity contribution in [3.05, 3.63) is 30.3 Å². The predicted octanol–water partition coefficient (Wildman–Crippen LogP) is 3.12. The summed E-state index contributed by atoms with van der Waals surface area (Å²) in [5.41, 5.74) is 0.894. The van der Waals surface area contributed by atoms with Gasteiger partial charge < -0.3 is 10.2 Å². The summed E-state index contributed by atoms with van der Waals surface area (Å²) in [7, 11) is 1.78. The average molecular weight is 322 g/mol. The lowest BCUT2D eigenvalue weighted by atomic mass is 10.3. The van der Waals surface area contributed by atoms with E-state index in [-0.39, 0.29) is 5.91 Å². The Morgan fingerprint density at radius 1 is 1.33 bits per heavy atom. The monoisotopic (exact) mass is 322 g/mol. The molecule has 0 radical (unpaired) electrons. The summed E-state index contributed by atoms with van der Waals surface area (Å²) < 4.78 is 0.809. The second-order valence-corrected chi connectivity index (χ2v) is 6.58.